The van der Waals surface area contributed by atoms with Crippen molar-refractivity contribution in [2.75, 3.05) is 0 Å². The number of carbonyl (C=O) groups excluding carboxylic acids is 1. The molecule has 14 heavy (non-hydrogen) atoms. The van der Waals surface area contributed by atoms with Crippen molar-refractivity contribution < 1.29 is 22.0 Å². The minimum absolute atomic E-state index is 0.103. The Morgan fingerprint density at radius 3 is 2.07 bits per heavy atom. The Labute approximate surface area is 82.7 Å². The van der Waals surface area contributed by atoms with Crippen LogP contribution in [-0.4, -0.2) is 14.7 Å². The van der Waals surface area contributed by atoms with Gasteiger partial charge in [0.15, 0.2) is 6.29 Å². The van der Waals surface area contributed by atoms with E-state index in [4.69, 9.17) is 10.7 Å². The summed E-state index contributed by atoms with van der Waals surface area (Å²) in [6, 6.07) is 1.22. The van der Waals surface area contributed by atoms with Gasteiger partial charge in [-0.15, -0.1) is 0 Å². The Balaban J connectivity index is 3.71. The molecule has 0 fully saturated rings. The van der Waals surface area contributed by atoms with Gasteiger partial charge in [0.1, 0.15) is 16.5 Å². The molecule has 0 aliphatic rings. The summed E-state index contributed by atoms with van der Waals surface area (Å²) in [6.07, 6.45) is -0.103. The smallest absolute Gasteiger partial charge is 0.265 e. The van der Waals surface area contributed by atoms with Crippen molar-refractivity contribution in [3.8, 4) is 0 Å². The number of rotatable bonds is 2. The van der Waals surface area contributed by atoms with Gasteiger partial charge in [-0.2, -0.15) is 0 Å². The molecule has 1 rings (SSSR count). The van der Waals surface area contributed by atoms with Gasteiger partial charge in [0.25, 0.3) is 9.05 Å². The molecule has 0 saturated carbocycles. The van der Waals surface area contributed by atoms with Crippen LogP contribution in [-0.2, 0) is 9.05 Å². The number of hydrogen-bond acceptors (Lipinski definition) is 3. The quantitative estimate of drug-likeness (QED) is 0.584. The molecular weight excluding hydrogens is 238 g/mol. The van der Waals surface area contributed by atoms with Crippen LogP contribution in [0.3, 0.4) is 0 Å². The van der Waals surface area contributed by atoms with E-state index in [-0.39, 0.29) is 6.29 Å². The maximum atomic E-state index is 12.9. The summed E-state index contributed by atoms with van der Waals surface area (Å²) in [7, 11) is 0.354. The highest BCUT2D eigenvalue weighted by Gasteiger charge is 2.23. The van der Waals surface area contributed by atoms with Crippen LogP contribution in [0.15, 0.2) is 17.0 Å². The average Bonchev–Trinajstić information content (AvgIpc) is 2.06. The molecule has 1 aromatic carbocycles. The third kappa shape index (κ3) is 1.91. The molecule has 0 heterocycles. The van der Waals surface area contributed by atoms with Crippen molar-refractivity contribution in [1.82, 2.24) is 0 Å². The monoisotopic (exact) mass is 240 g/mol. The molecule has 0 atom stereocenters. The van der Waals surface area contributed by atoms with Crippen LogP contribution in [0, 0.1) is 11.6 Å². The topological polar surface area (TPSA) is 51.2 Å². The van der Waals surface area contributed by atoms with Crippen LogP contribution in [0.1, 0.15) is 10.4 Å². The summed E-state index contributed by atoms with van der Waals surface area (Å²) in [5, 5.41) is 0. The van der Waals surface area contributed by atoms with Gasteiger partial charge in [-0.05, 0) is 12.1 Å². The van der Waals surface area contributed by atoms with Crippen LogP contribution in [0.25, 0.3) is 0 Å². The van der Waals surface area contributed by atoms with Crippen LogP contribution in [0.4, 0.5) is 8.78 Å². The van der Waals surface area contributed by atoms with E-state index in [0.29, 0.717) is 12.1 Å². The Kier molecular flexibility index (Phi) is 2.86. The molecule has 0 aromatic heterocycles. The molecule has 0 aliphatic carbocycles. The molecule has 0 amide bonds. The molecule has 0 N–H and O–H groups in total. The first-order valence-electron chi connectivity index (χ1n) is 3.25. The second-order valence-electron chi connectivity index (χ2n) is 2.33. The van der Waals surface area contributed by atoms with E-state index >= 15 is 0 Å². The summed E-state index contributed by atoms with van der Waals surface area (Å²) in [5.74, 6) is -2.40. The number of benzene rings is 1. The Morgan fingerprint density at radius 2 is 1.71 bits per heavy atom. The molecule has 0 aliphatic heterocycles. The fraction of sp³-hybridized carbons (Fsp3) is 0. The minimum Gasteiger partial charge on any atom is -0.298 e. The molecule has 3 nitrogen and oxygen atoms in total. The van der Waals surface area contributed by atoms with Gasteiger partial charge in [0.2, 0.25) is 0 Å². The molecule has 1 aromatic rings. The third-order valence-corrected chi connectivity index (χ3v) is 2.82. The van der Waals surface area contributed by atoms with Crippen LogP contribution in [0.2, 0.25) is 0 Å². The van der Waals surface area contributed by atoms with Crippen LogP contribution >= 0.6 is 10.7 Å². The lowest BCUT2D eigenvalue weighted by atomic mass is 10.2. The van der Waals surface area contributed by atoms with Crippen molar-refractivity contribution in [1.29, 1.82) is 0 Å². The third-order valence-electron chi connectivity index (χ3n) is 1.46. The fourth-order valence-corrected chi connectivity index (χ4v) is 2.09. The predicted molar refractivity (Wildman–Crippen MR) is 44.8 cm³/mol. The number of halogens is 3. The number of aldehydes is 1. The van der Waals surface area contributed by atoms with Gasteiger partial charge in [-0.1, -0.05) is 0 Å². The van der Waals surface area contributed by atoms with E-state index in [1.807, 2.05) is 0 Å². The number of hydrogen-bond donors (Lipinski definition) is 0. The normalized spacial score (nSPS) is 11.4. The van der Waals surface area contributed by atoms with Gasteiger partial charge >= 0.3 is 0 Å². The first kappa shape index (κ1) is 11.1. The fourth-order valence-electron chi connectivity index (χ4n) is 0.907. The van der Waals surface area contributed by atoms with Crippen molar-refractivity contribution >= 4 is 26.0 Å². The van der Waals surface area contributed by atoms with Crippen LogP contribution in [0.5, 0.6) is 0 Å². The molecule has 0 bridgehead atoms. The van der Waals surface area contributed by atoms with Crippen molar-refractivity contribution in [2.24, 2.45) is 0 Å². The first-order valence-corrected chi connectivity index (χ1v) is 5.56. The van der Waals surface area contributed by atoms with Gasteiger partial charge in [-0.25, -0.2) is 17.2 Å². The zero-order chi connectivity index (χ0) is 10.9. The van der Waals surface area contributed by atoms with E-state index in [9.17, 15) is 22.0 Å². The van der Waals surface area contributed by atoms with E-state index in [1.165, 1.54) is 0 Å². The van der Waals surface area contributed by atoms with Gasteiger partial charge < -0.3 is 0 Å². The summed E-state index contributed by atoms with van der Waals surface area (Å²) in [4.78, 5) is 9.19. The summed E-state index contributed by atoms with van der Waals surface area (Å²) >= 11 is 0. The van der Waals surface area contributed by atoms with E-state index in [1.54, 1.807) is 0 Å². The Morgan fingerprint density at radius 1 is 1.21 bits per heavy atom. The molecule has 7 heteroatoms. The van der Waals surface area contributed by atoms with Crippen LogP contribution < -0.4 is 0 Å². The van der Waals surface area contributed by atoms with Gasteiger partial charge in [0, 0.05) is 10.7 Å². The minimum atomic E-state index is -4.47. The molecule has 76 valence electrons. The molecular formula is C7H3ClF2O3S. The summed E-state index contributed by atoms with van der Waals surface area (Å²) in [6.45, 7) is 0. The maximum Gasteiger partial charge on any atom is 0.265 e. The molecule has 0 saturated heterocycles. The van der Waals surface area contributed by atoms with Gasteiger partial charge in [-0.3, -0.25) is 4.79 Å². The van der Waals surface area contributed by atoms with E-state index < -0.39 is 31.1 Å². The van der Waals surface area contributed by atoms with Crippen molar-refractivity contribution in [3.63, 3.8) is 0 Å². The second kappa shape index (κ2) is 3.62. The van der Waals surface area contributed by atoms with Crippen molar-refractivity contribution in [2.45, 2.75) is 4.90 Å². The first-order chi connectivity index (χ1) is 6.38. The van der Waals surface area contributed by atoms with E-state index in [0.717, 1.165) is 0 Å². The molecule has 0 radical (unpaired) electrons. The maximum absolute atomic E-state index is 12.9. The average molecular weight is 241 g/mol. The number of carbonyl (C=O) groups is 1. The standard InChI is InChI=1S/C7H3ClF2O3S/c8-14(12,13)7-4(3-11)5(9)1-2-6(7)10/h1-3H. The zero-order valence-corrected chi connectivity index (χ0v) is 8.07. The Bertz CT molecular complexity index is 484. The zero-order valence-electron chi connectivity index (χ0n) is 6.50. The molecule has 0 spiro atoms. The highest BCUT2D eigenvalue weighted by Crippen LogP contribution is 2.24. The summed E-state index contributed by atoms with van der Waals surface area (Å²) in [5.41, 5.74) is -0.903. The van der Waals surface area contributed by atoms with Crippen molar-refractivity contribution in [3.05, 3.63) is 29.3 Å². The predicted octanol–water partition coefficient (Wildman–Crippen LogP) is 1.70. The summed E-state index contributed by atoms with van der Waals surface area (Å²) < 4.78 is 47.3. The highest BCUT2D eigenvalue weighted by molar-refractivity contribution is 8.13. The lowest BCUT2D eigenvalue weighted by Crippen LogP contribution is -2.03. The SMILES string of the molecule is O=Cc1c(F)ccc(F)c1S(=O)(=O)Cl. The second-order valence-corrected chi connectivity index (χ2v) is 4.83. The largest absolute Gasteiger partial charge is 0.298 e. The Hall–Kier alpha value is -1.01. The lowest BCUT2D eigenvalue weighted by molar-refractivity contribution is 0.111. The molecule has 0 unspecified atom stereocenters. The van der Waals surface area contributed by atoms with Gasteiger partial charge in [0.05, 0.1) is 5.56 Å². The highest BCUT2D eigenvalue weighted by atomic mass is 35.7. The lowest BCUT2D eigenvalue weighted by Gasteiger charge is -2.02. The van der Waals surface area contributed by atoms with E-state index in [2.05, 4.69) is 0 Å².